The molecule has 0 fully saturated rings. The summed E-state index contributed by atoms with van der Waals surface area (Å²) in [5, 5.41) is 18.2. The maximum Gasteiger partial charge on any atom is 0.472 e. The van der Waals surface area contributed by atoms with E-state index in [9.17, 15) is 14.7 Å². The van der Waals surface area contributed by atoms with Crippen molar-refractivity contribution in [3.63, 3.8) is 0 Å². The molecule has 1 aromatic carbocycles. The van der Waals surface area contributed by atoms with Crippen molar-refractivity contribution in [2.45, 2.75) is 161 Å². The van der Waals surface area contributed by atoms with Crippen molar-refractivity contribution in [3.8, 4) is 11.8 Å². The quantitative estimate of drug-likeness (QED) is 0.0351. The van der Waals surface area contributed by atoms with Gasteiger partial charge in [-0.3, -0.25) is 9.05 Å². The van der Waals surface area contributed by atoms with E-state index in [1.165, 1.54) is 103 Å². The number of ether oxygens (including phenoxy) is 2. The Bertz CT molecular complexity index is 1830. The lowest BCUT2D eigenvalue weighted by molar-refractivity contribution is -0.0495. The molecule has 3 aromatic heterocycles. The Hall–Kier alpha value is -3.70. The van der Waals surface area contributed by atoms with E-state index in [-0.39, 0.29) is 19.8 Å². The maximum atomic E-state index is 13.2. The molecule has 0 spiro atoms. The monoisotopic (exact) mass is 822 g/mol. The fourth-order valence-electron chi connectivity index (χ4n) is 7.08. The Balaban J connectivity index is 1.21. The summed E-state index contributed by atoms with van der Waals surface area (Å²) in [6.07, 6.45) is 27.5. The van der Waals surface area contributed by atoms with Gasteiger partial charge in [-0.2, -0.15) is 15.5 Å². The van der Waals surface area contributed by atoms with E-state index in [0.717, 1.165) is 30.5 Å². The highest BCUT2D eigenvalue weighted by molar-refractivity contribution is 7.47. The van der Waals surface area contributed by atoms with E-state index in [2.05, 4.69) is 33.2 Å². The summed E-state index contributed by atoms with van der Waals surface area (Å²) in [4.78, 5) is 18.8. The van der Waals surface area contributed by atoms with Crippen LogP contribution in [0.2, 0.25) is 0 Å². The van der Waals surface area contributed by atoms with Gasteiger partial charge in [-0.05, 0) is 56.0 Å². The third-order valence-electron chi connectivity index (χ3n) is 10.9. The van der Waals surface area contributed by atoms with Crippen molar-refractivity contribution in [3.05, 3.63) is 66.1 Å². The van der Waals surface area contributed by atoms with Gasteiger partial charge in [0.15, 0.2) is 5.82 Å². The van der Waals surface area contributed by atoms with Crippen LogP contribution in [0.4, 0.5) is 5.82 Å². The van der Waals surface area contributed by atoms with Crippen molar-refractivity contribution in [1.29, 1.82) is 5.26 Å². The van der Waals surface area contributed by atoms with Crippen LogP contribution in [0.25, 0.3) is 11.2 Å². The Morgan fingerprint density at radius 2 is 1.55 bits per heavy atom. The van der Waals surface area contributed by atoms with Gasteiger partial charge in [-0.1, -0.05) is 122 Å². The first-order chi connectivity index (χ1) is 28.2. The summed E-state index contributed by atoms with van der Waals surface area (Å²) in [5.74, 6) is 0.387. The number of aryl methyl sites for hydroxylation is 1. The second-order valence-electron chi connectivity index (χ2n) is 15.6. The molecule has 4 rings (SSSR count). The van der Waals surface area contributed by atoms with Crippen LogP contribution in [0.3, 0.4) is 0 Å². The molecule has 3 N–H and O–H groups in total. The molecule has 0 aliphatic heterocycles. The van der Waals surface area contributed by atoms with Crippen molar-refractivity contribution in [2.24, 2.45) is 0 Å². The molecule has 320 valence electrons. The molecule has 4 aromatic rings. The largest absolute Gasteiger partial charge is 0.472 e. The molecule has 0 saturated heterocycles. The summed E-state index contributed by atoms with van der Waals surface area (Å²) in [6, 6.07) is 11.4. The minimum absolute atomic E-state index is 0.129. The molecule has 0 bridgehead atoms. The number of nitriles is 1. The molecule has 0 aliphatic rings. The fraction of sp³-hybridized carbons (Fsp3) is 0.651. The predicted octanol–water partition coefficient (Wildman–Crippen LogP) is 9.86. The Morgan fingerprint density at radius 1 is 0.897 bits per heavy atom. The molecule has 0 amide bonds. The highest BCUT2D eigenvalue weighted by Crippen LogP contribution is 2.45. The summed E-state index contributed by atoms with van der Waals surface area (Å²) < 4.78 is 39.5. The Morgan fingerprint density at radius 3 is 2.16 bits per heavy atom. The van der Waals surface area contributed by atoms with Gasteiger partial charge in [0, 0.05) is 12.8 Å². The molecule has 58 heavy (non-hydrogen) atoms. The summed E-state index contributed by atoms with van der Waals surface area (Å²) >= 11 is 0. The fourth-order valence-corrected chi connectivity index (χ4v) is 7.94. The number of nitrogen functional groups attached to an aromatic ring is 1. The molecule has 0 radical (unpaired) electrons. The number of nitrogens with zero attached hydrogens (tertiary/aromatic N) is 7. The third kappa shape index (κ3) is 16.5. The zero-order chi connectivity index (χ0) is 41.5. The number of aromatic nitrogens is 6. The average Bonchev–Trinajstić information content (AvgIpc) is 3.93. The van der Waals surface area contributed by atoms with Crippen molar-refractivity contribution < 1.29 is 28.0 Å². The van der Waals surface area contributed by atoms with Crippen LogP contribution < -0.4 is 5.73 Å². The normalized spacial score (nSPS) is 14.3. The highest BCUT2D eigenvalue weighted by Gasteiger charge is 2.31. The second-order valence-corrected chi connectivity index (χ2v) is 17.1. The van der Waals surface area contributed by atoms with Crippen LogP contribution >= 0.6 is 7.82 Å². The van der Waals surface area contributed by atoms with Crippen molar-refractivity contribution >= 4 is 19.2 Å². The van der Waals surface area contributed by atoms with Crippen LogP contribution in [0.5, 0.6) is 0 Å². The minimum atomic E-state index is -4.47. The molecule has 3 heterocycles. The molecule has 1 unspecified atom stereocenters. The zero-order valence-electron chi connectivity index (χ0n) is 35.1. The van der Waals surface area contributed by atoms with Crippen LogP contribution in [-0.4, -0.2) is 66.3 Å². The zero-order valence-corrected chi connectivity index (χ0v) is 36.0. The number of benzene rings is 1. The number of nitrogens with two attached hydrogens (primary N) is 1. The van der Waals surface area contributed by atoms with Crippen LogP contribution in [0.1, 0.15) is 153 Å². The Labute approximate surface area is 345 Å². The van der Waals surface area contributed by atoms with Gasteiger partial charge in [0.05, 0.1) is 42.8 Å². The molecule has 0 aliphatic carbocycles. The number of rotatable bonds is 32. The number of methoxy groups -OCH3 is 1. The van der Waals surface area contributed by atoms with E-state index in [4.69, 9.17) is 24.3 Å². The molecular formula is C43H67N8O6P. The first kappa shape index (κ1) is 47.0. The van der Waals surface area contributed by atoms with E-state index >= 15 is 0 Å². The van der Waals surface area contributed by atoms with Gasteiger partial charge < -0.3 is 20.1 Å². The first-order valence-corrected chi connectivity index (χ1v) is 22.9. The van der Waals surface area contributed by atoms with E-state index in [1.807, 2.05) is 25.1 Å². The van der Waals surface area contributed by atoms with E-state index in [1.54, 1.807) is 34.8 Å². The molecular weight excluding hydrogens is 755 g/mol. The lowest BCUT2D eigenvalue weighted by atomic mass is 10.00. The van der Waals surface area contributed by atoms with Gasteiger partial charge in [-0.15, -0.1) is 0 Å². The van der Waals surface area contributed by atoms with E-state index in [0.29, 0.717) is 41.8 Å². The smallest absolute Gasteiger partial charge is 0.382 e. The van der Waals surface area contributed by atoms with E-state index < -0.39 is 19.5 Å². The third-order valence-corrected chi connectivity index (χ3v) is 11.8. The SMILES string of the molecule is CCCCCCCCCCCCCCCCCCC[C@H](COP(=O)(O)OC[C@](C)(CCc1ccc2c(N)ncnn12)OC)OCc1ccc(-n2cncn2)c(C#N)c1. The molecule has 0 saturated carbocycles. The summed E-state index contributed by atoms with van der Waals surface area (Å²) in [6.45, 7) is 3.99. The van der Waals surface area contributed by atoms with Gasteiger partial charge in [0.25, 0.3) is 0 Å². The summed E-state index contributed by atoms with van der Waals surface area (Å²) in [5.41, 5.74) is 8.55. The lowest BCUT2D eigenvalue weighted by Crippen LogP contribution is -2.34. The van der Waals surface area contributed by atoms with Gasteiger partial charge >= 0.3 is 7.82 Å². The summed E-state index contributed by atoms with van der Waals surface area (Å²) in [7, 11) is -2.92. The molecule has 14 nitrogen and oxygen atoms in total. The van der Waals surface area contributed by atoms with Gasteiger partial charge in [0.1, 0.15) is 30.6 Å². The number of hydrogen-bond acceptors (Lipinski definition) is 11. The maximum absolute atomic E-state index is 13.2. The van der Waals surface area contributed by atoms with Crippen LogP contribution in [-0.2, 0) is 36.1 Å². The number of hydrogen-bond donors (Lipinski definition) is 2. The highest BCUT2D eigenvalue weighted by atomic mass is 31.2. The lowest BCUT2D eigenvalue weighted by Gasteiger charge is -2.29. The number of anilines is 1. The predicted molar refractivity (Wildman–Crippen MR) is 226 cm³/mol. The molecule has 3 atom stereocenters. The van der Waals surface area contributed by atoms with Gasteiger partial charge in [-0.25, -0.2) is 23.7 Å². The second kappa shape index (κ2) is 25.7. The number of fused-ring (bicyclic) bond motifs is 1. The number of phosphoric ester groups is 1. The number of unbranched alkanes of at least 4 members (excludes halogenated alkanes) is 16. The standard InChI is InChI=1S/C43H67N8O6P/c1-4-5-6-7-8-9-10-11-12-13-14-15-16-17-18-19-20-21-39(55-30-36-22-24-40(37(28-36)29-44)50-35-46-33-48-50)31-56-58(52,53)57-32-43(2,54-3)27-26-38-23-25-41-42(45)47-34-49-51(38)41/h22-25,28,33-35,39H,4-21,26-27,30-32H2,1-3H3,(H,52,53)(H2,45,47,49)/t39-,43+/m1/s1. The van der Waals surface area contributed by atoms with Crippen LogP contribution in [0, 0.1) is 11.3 Å². The van der Waals surface area contributed by atoms with Gasteiger partial charge in [0.2, 0.25) is 0 Å². The average molecular weight is 823 g/mol. The first-order valence-electron chi connectivity index (χ1n) is 21.4. The van der Waals surface area contributed by atoms with Crippen molar-refractivity contribution in [1.82, 2.24) is 29.4 Å². The van der Waals surface area contributed by atoms with Crippen LogP contribution in [0.15, 0.2) is 49.3 Å². The number of phosphoric acid groups is 1. The Kier molecular flexibility index (Phi) is 20.8. The molecule has 15 heteroatoms. The minimum Gasteiger partial charge on any atom is -0.382 e. The topological polar surface area (TPSA) is 185 Å². The van der Waals surface area contributed by atoms with Crippen molar-refractivity contribution in [2.75, 3.05) is 26.1 Å².